The molecule has 1 aromatic rings. The molecule has 0 aliphatic carbocycles. The number of hydrogen-bond donors (Lipinski definition) is 1. The minimum atomic E-state index is -2.93. The second-order valence-electron chi connectivity index (χ2n) is 5.27. The van der Waals surface area contributed by atoms with Crippen LogP contribution in [0.25, 0.3) is 0 Å². The van der Waals surface area contributed by atoms with E-state index in [1.54, 1.807) is 6.07 Å². The highest BCUT2D eigenvalue weighted by Crippen LogP contribution is 2.40. The predicted molar refractivity (Wildman–Crippen MR) is 74.3 cm³/mol. The van der Waals surface area contributed by atoms with Crippen LogP contribution < -0.4 is 10.5 Å². The Bertz CT molecular complexity index is 615. The molecule has 19 heavy (non-hydrogen) atoms. The van der Waals surface area contributed by atoms with Crippen molar-refractivity contribution in [1.82, 2.24) is 0 Å². The average molecular weight is 302 g/mol. The van der Waals surface area contributed by atoms with E-state index in [2.05, 4.69) is 0 Å². The fourth-order valence-corrected chi connectivity index (χ4v) is 5.01. The van der Waals surface area contributed by atoms with Crippen molar-refractivity contribution in [2.45, 2.75) is 18.9 Å². The van der Waals surface area contributed by atoms with Crippen LogP contribution >= 0.6 is 11.6 Å². The maximum Gasteiger partial charge on any atom is 0.150 e. The molecule has 0 saturated carbocycles. The van der Waals surface area contributed by atoms with E-state index in [1.165, 1.54) is 0 Å². The fraction of sp³-hybridized carbons (Fsp3) is 0.538. The maximum absolute atomic E-state index is 11.6. The Kier molecular flexibility index (Phi) is 3.23. The van der Waals surface area contributed by atoms with Gasteiger partial charge in [0.25, 0.3) is 0 Å². The standard InChI is InChI=1S/C13H16ClNO3S/c14-10-5-8-1-3-18-13(8)11(6-10)12(15)9-2-4-19(16,17)7-9/h5-6,9,12H,1-4,7,15H2. The van der Waals surface area contributed by atoms with Gasteiger partial charge in [-0.1, -0.05) is 11.6 Å². The van der Waals surface area contributed by atoms with Crippen molar-refractivity contribution in [3.63, 3.8) is 0 Å². The quantitative estimate of drug-likeness (QED) is 0.903. The van der Waals surface area contributed by atoms with Gasteiger partial charge in [-0.05, 0) is 30.0 Å². The van der Waals surface area contributed by atoms with Gasteiger partial charge in [-0.3, -0.25) is 0 Å². The Balaban J connectivity index is 1.94. The first-order valence-corrected chi connectivity index (χ1v) is 8.57. The Morgan fingerprint density at radius 2 is 2.21 bits per heavy atom. The first kappa shape index (κ1) is 13.2. The number of hydrogen-bond acceptors (Lipinski definition) is 4. The van der Waals surface area contributed by atoms with Crippen LogP contribution in [0.5, 0.6) is 5.75 Å². The van der Waals surface area contributed by atoms with Crippen molar-refractivity contribution < 1.29 is 13.2 Å². The van der Waals surface area contributed by atoms with Crippen molar-refractivity contribution in [2.75, 3.05) is 18.1 Å². The van der Waals surface area contributed by atoms with E-state index in [4.69, 9.17) is 22.1 Å². The van der Waals surface area contributed by atoms with Gasteiger partial charge in [0.15, 0.2) is 9.84 Å². The molecule has 2 atom stereocenters. The Hall–Kier alpha value is -0.780. The third kappa shape index (κ3) is 2.47. The van der Waals surface area contributed by atoms with Gasteiger partial charge in [0, 0.05) is 23.0 Å². The van der Waals surface area contributed by atoms with Gasteiger partial charge in [0.1, 0.15) is 5.75 Å². The second kappa shape index (κ2) is 4.65. The van der Waals surface area contributed by atoms with E-state index in [0.717, 1.165) is 23.3 Å². The molecule has 1 saturated heterocycles. The summed E-state index contributed by atoms with van der Waals surface area (Å²) in [6, 6.07) is 3.37. The van der Waals surface area contributed by atoms with Gasteiger partial charge >= 0.3 is 0 Å². The van der Waals surface area contributed by atoms with E-state index < -0.39 is 9.84 Å². The molecule has 0 spiro atoms. The summed E-state index contributed by atoms with van der Waals surface area (Å²) in [6.07, 6.45) is 1.45. The molecule has 0 amide bonds. The van der Waals surface area contributed by atoms with E-state index in [1.807, 2.05) is 6.07 Å². The molecule has 0 radical (unpaired) electrons. The van der Waals surface area contributed by atoms with Gasteiger partial charge in [0.05, 0.1) is 18.1 Å². The third-order valence-electron chi connectivity index (χ3n) is 3.91. The van der Waals surface area contributed by atoms with E-state index in [-0.39, 0.29) is 23.5 Å². The summed E-state index contributed by atoms with van der Waals surface area (Å²) >= 11 is 6.11. The largest absolute Gasteiger partial charge is 0.493 e. The Labute approximate surface area is 117 Å². The molecule has 4 nitrogen and oxygen atoms in total. The first-order chi connectivity index (χ1) is 8.96. The zero-order valence-electron chi connectivity index (χ0n) is 10.4. The number of halogens is 1. The molecule has 3 rings (SSSR count). The lowest BCUT2D eigenvalue weighted by Gasteiger charge is -2.21. The van der Waals surface area contributed by atoms with Crippen molar-refractivity contribution in [2.24, 2.45) is 11.7 Å². The van der Waals surface area contributed by atoms with Gasteiger partial charge in [-0.25, -0.2) is 8.42 Å². The lowest BCUT2D eigenvalue weighted by atomic mass is 9.91. The Morgan fingerprint density at radius 3 is 2.89 bits per heavy atom. The molecule has 2 aliphatic rings. The van der Waals surface area contributed by atoms with Gasteiger partial charge in [-0.15, -0.1) is 0 Å². The first-order valence-electron chi connectivity index (χ1n) is 6.37. The molecular formula is C13H16ClNO3S. The molecule has 1 aromatic carbocycles. The molecule has 0 aromatic heterocycles. The van der Waals surface area contributed by atoms with Crippen LogP contribution in [0.4, 0.5) is 0 Å². The van der Waals surface area contributed by atoms with E-state index >= 15 is 0 Å². The van der Waals surface area contributed by atoms with Gasteiger partial charge in [0.2, 0.25) is 0 Å². The van der Waals surface area contributed by atoms with Crippen LogP contribution in [0, 0.1) is 5.92 Å². The summed E-state index contributed by atoms with van der Waals surface area (Å²) < 4.78 is 28.8. The summed E-state index contributed by atoms with van der Waals surface area (Å²) in [5, 5.41) is 0.635. The summed E-state index contributed by atoms with van der Waals surface area (Å²) in [6.45, 7) is 0.637. The highest BCUT2D eigenvalue weighted by Gasteiger charge is 2.35. The SMILES string of the molecule is NC(c1cc(Cl)cc2c1OCC2)C1CCS(=O)(=O)C1. The molecule has 2 heterocycles. The lowest BCUT2D eigenvalue weighted by Crippen LogP contribution is -2.23. The highest BCUT2D eigenvalue weighted by molar-refractivity contribution is 7.91. The number of sulfone groups is 1. The minimum absolute atomic E-state index is 0.0447. The molecular weight excluding hydrogens is 286 g/mol. The van der Waals surface area contributed by atoms with Crippen LogP contribution in [0.15, 0.2) is 12.1 Å². The predicted octanol–water partition coefficient (Wildman–Crippen LogP) is 1.71. The molecule has 1 fully saturated rings. The van der Waals surface area contributed by atoms with Crippen molar-refractivity contribution >= 4 is 21.4 Å². The summed E-state index contributed by atoms with van der Waals surface area (Å²) in [5.74, 6) is 1.16. The second-order valence-corrected chi connectivity index (χ2v) is 7.94. The number of fused-ring (bicyclic) bond motifs is 1. The lowest BCUT2D eigenvalue weighted by molar-refractivity contribution is 0.346. The van der Waals surface area contributed by atoms with Gasteiger partial charge < -0.3 is 10.5 Å². The van der Waals surface area contributed by atoms with E-state index in [9.17, 15) is 8.42 Å². The van der Waals surface area contributed by atoms with Crippen LogP contribution in [-0.2, 0) is 16.3 Å². The zero-order valence-corrected chi connectivity index (χ0v) is 12.0. The monoisotopic (exact) mass is 301 g/mol. The van der Waals surface area contributed by atoms with Crippen LogP contribution in [0.1, 0.15) is 23.6 Å². The van der Waals surface area contributed by atoms with Crippen molar-refractivity contribution in [3.05, 3.63) is 28.3 Å². The molecule has 2 N–H and O–H groups in total. The van der Waals surface area contributed by atoms with Gasteiger partial charge in [-0.2, -0.15) is 0 Å². The van der Waals surface area contributed by atoms with Crippen LogP contribution in [0.2, 0.25) is 5.02 Å². The summed E-state index contributed by atoms with van der Waals surface area (Å²) in [4.78, 5) is 0. The zero-order chi connectivity index (χ0) is 13.6. The van der Waals surface area contributed by atoms with E-state index in [0.29, 0.717) is 18.1 Å². The summed E-state index contributed by atoms with van der Waals surface area (Å²) in [5.41, 5.74) is 8.18. The fourth-order valence-electron chi connectivity index (χ4n) is 2.91. The highest BCUT2D eigenvalue weighted by atomic mass is 35.5. The summed E-state index contributed by atoms with van der Waals surface area (Å²) in [7, 11) is -2.93. The molecule has 2 aliphatic heterocycles. The maximum atomic E-state index is 11.6. The number of rotatable bonds is 2. The third-order valence-corrected chi connectivity index (χ3v) is 5.92. The number of nitrogens with two attached hydrogens (primary N) is 1. The average Bonchev–Trinajstić information content (AvgIpc) is 2.93. The molecule has 6 heteroatoms. The smallest absolute Gasteiger partial charge is 0.150 e. The molecule has 2 unspecified atom stereocenters. The number of ether oxygens (including phenoxy) is 1. The molecule has 104 valence electrons. The van der Waals surface area contributed by atoms with Crippen molar-refractivity contribution in [1.29, 1.82) is 0 Å². The van der Waals surface area contributed by atoms with Crippen molar-refractivity contribution in [3.8, 4) is 5.75 Å². The van der Waals surface area contributed by atoms with Crippen LogP contribution in [-0.4, -0.2) is 26.5 Å². The number of benzene rings is 1. The molecule has 0 bridgehead atoms. The normalized spacial score (nSPS) is 25.9. The topological polar surface area (TPSA) is 69.4 Å². The van der Waals surface area contributed by atoms with Crippen LogP contribution in [0.3, 0.4) is 0 Å². The Morgan fingerprint density at radius 1 is 1.42 bits per heavy atom. The minimum Gasteiger partial charge on any atom is -0.493 e.